The number of esters is 1. The largest absolute Gasteiger partial charge is 0.468 e. The molecule has 0 spiro atoms. The molecule has 3 aromatic rings. The summed E-state index contributed by atoms with van der Waals surface area (Å²) >= 11 is 1.16. The van der Waals surface area contributed by atoms with Crippen LogP contribution in [0.3, 0.4) is 0 Å². The van der Waals surface area contributed by atoms with Gasteiger partial charge in [-0.25, -0.2) is 4.98 Å². The second-order valence-corrected chi connectivity index (χ2v) is 6.46. The van der Waals surface area contributed by atoms with Crippen molar-refractivity contribution < 1.29 is 14.3 Å². The molecule has 8 heteroatoms. The van der Waals surface area contributed by atoms with Crippen molar-refractivity contribution in [1.82, 2.24) is 9.97 Å². The van der Waals surface area contributed by atoms with Gasteiger partial charge in [0.15, 0.2) is 5.16 Å². The Morgan fingerprint density at radius 3 is 2.62 bits per heavy atom. The number of primary amides is 1. The fourth-order valence-electron chi connectivity index (χ4n) is 2.47. The molecule has 3 N–H and O–H groups in total. The Bertz CT molecular complexity index is 1020. The number of nitrogens with zero attached hydrogens (tertiary/aromatic N) is 2. The maximum absolute atomic E-state index is 12.2. The third-order valence-electron chi connectivity index (χ3n) is 3.74. The van der Waals surface area contributed by atoms with Crippen LogP contribution in [0, 0.1) is 11.3 Å². The predicted molar refractivity (Wildman–Crippen MR) is 96.4 cm³/mol. The van der Waals surface area contributed by atoms with Gasteiger partial charge in [0.25, 0.3) is 5.91 Å². The number of ether oxygens (including phenoxy) is 1. The molecule has 1 unspecified atom stereocenters. The normalized spacial score (nSPS) is 11.7. The second kappa shape index (κ2) is 7.29. The Labute approximate surface area is 153 Å². The number of fused-ring (bicyclic) bond motifs is 1. The molecule has 2 aromatic carbocycles. The Hall–Kier alpha value is -3.31. The Morgan fingerprint density at radius 1 is 1.27 bits per heavy atom. The number of carbonyl (C=O) groups excluding carboxylic acids is 2. The van der Waals surface area contributed by atoms with Crippen LogP contribution < -0.4 is 5.73 Å². The topological polar surface area (TPSA) is 122 Å². The highest BCUT2D eigenvalue weighted by atomic mass is 32.2. The third kappa shape index (κ3) is 3.38. The number of hydrogen-bond acceptors (Lipinski definition) is 6. The number of aromatic nitrogens is 2. The molecule has 0 aliphatic carbocycles. The maximum Gasteiger partial charge on any atom is 0.323 e. The minimum absolute atomic E-state index is 0.304. The SMILES string of the molecule is COC(=O)C(Sc1nc2c(C(N)=O)cccc2[nH]1)c1ccc(C#N)cc1. The smallest absolute Gasteiger partial charge is 0.323 e. The Balaban J connectivity index is 1.98. The summed E-state index contributed by atoms with van der Waals surface area (Å²) in [6.45, 7) is 0. The predicted octanol–water partition coefficient (Wildman–Crippen LogP) is 2.54. The number of nitrogens with two attached hydrogens (primary N) is 1. The van der Waals surface area contributed by atoms with Gasteiger partial charge in [-0.2, -0.15) is 5.26 Å². The van der Waals surface area contributed by atoms with Crippen molar-refractivity contribution in [3.05, 3.63) is 59.2 Å². The number of amides is 1. The number of rotatable bonds is 5. The van der Waals surface area contributed by atoms with Crippen LogP contribution in [-0.2, 0) is 9.53 Å². The van der Waals surface area contributed by atoms with Crippen molar-refractivity contribution in [3.8, 4) is 6.07 Å². The average Bonchev–Trinajstić information content (AvgIpc) is 3.08. The van der Waals surface area contributed by atoms with E-state index in [9.17, 15) is 9.59 Å². The number of thioether (sulfide) groups is 1. The summed E-state index contributed by atoms with van der Waals surface area (Å²) < 4.78 is 4.89. The Morgan fingerprint density at radius 2 is 2.00 bits per heavy atom. The van der Waals surface area contributed by atoms with Gasteiger partial charge in [-0.1, -0.05) is 30.0 Å². The molecule has 130 valence electrons. The van der Waals surface area contributed by atoms with Gasteiger partial charge >= 0.3 is 5.97 Å². The monoisotopic (exact) mass is 366 g/mol. The van der Waals surface area contributed by atoms with E-state index in [1.807, 2.05) is 6.07 Å². The van der Waals surface area contributed by atoms with Crippen molar-refractivity contribution in [3.63, 3.8) is 0 Å². The van der Waals surface area contributed by atoms with Crippen LogP contribution in [-0.4, -0.2) is 29.0 Å². The minimum atomic E-state index is -0.676. The van der Waals surface area contributed by atoms with Crippen LogP contribution >= 0.6 is 11.8 Å². The number of hydrogen-bond donors (Lipinski definition) is 2. The molecule has 0 saturated carbocycles. The van der Waals surface area contributed by atoms with Crippen molar-refractivity contribution in [1.29, 1.82) is 5.26 Å². The highest BCUT2D eigenvalue weighted by molar-refractivity contribution is 8.00. The van der Waals surface area contributed by atoms with Gasteiger partial charge in [0.05, 0.1) is 29.8 Å². The average molecular weight is 366 g/mol. The lowest BCUT2D eigenvalue weighted by Gasteiger charge is -2.13. The number of nitriles is 1. The summed E-state index contributed by atoms with van der Waals surface area (Å²) in [7, 11) is 1.31. The molecule has 1 amide bonds. The fourth-order valence-corrected chi connectivity index (χ4v) is 3.49. The zero-order chi connectivity index (χ0) is 18.7. The second-order valence-electron chi connectivity index (χ2n) is 5.36. The zero-order valence-corrected chi connectivity index (χ0v) is 14.5. The number of para-hydroxylation sites is 1. The van der Waals surface area contributed by atoms with Crippen LogP contribution in [0.4, 0.5) is 0 Å². The fraction of sp³-hybridized carbons (Fsp3) is 0.111. The molecule has 0 fully saturated rings. The van der Waals surface area contributed by atoms with E-state index in [4.69, 9.17) is 15.7 Å². The first kappa shape index (κ1) is 17.5. The van der Waals surface area contributed by atoms with Gasteiger partial charge in [-0.3, -0.25) is 9.59 Å². The molecule has 0 aliphatic rings. The lowest BCUT2D eigenvalue weighted by Crippen LogP contribution is -2.11. The van der Waals surface area contributed by atoms with Gasteiger partial charge < -0.3 is 15.5 Å². The van der Waals surface area contributed by atoms with Crippen LogP contribution in [0.15, 0.2) is 47.6 Å². The molecule has 1 atom stereocenters. The van der Waals surface area contributed by atoms with E-state index < -0.39 is 17.1 Å². The highest BCUT2D eigenvalue weighted by Crippen LogP contribution is 2.36. The van der Waals surface area contributed by atoms with Crippen LogP contribution in [0.1, 0.15) is 26.7 Å². The first-order valence-corrected chi connectivity index (χ1v) is 8.44. The van der Waals surface area contributed by atoms with Crippen molar-refractivity contribution in [2.24, 2.45) is 5.73 Å². The molecule has 1 heterocycles. The summed E-state index contributed by atoms with van der Waals surface area (Å²) in [6, 6.07) is 13.8. The van der Waals surface area contributed by atoms with Gasteiger partial charge in [0.2, 0.25) is 0 Å². The molecule has 0 radical (unpaired) electrons. The van der Waals surface area contributed by atoms with Gasteiger partial charge in [-0.05, 0) is 29.8 Å². The van der Waals surface area contributed by atoms with Crippen LogP contribution in [0.2, 0.25) is 0 Å². The summed E-state index contributed by atoms with van der Waals surface area (Å²) in [4.78, 5) is 31.3. The van der Waals surface area contributed by atoms with Crippen LogP contribution in [0.5, 0.6) is 0 Å². The number of methoxy groups -OCH3 is 1. The van der Waals surface area contributed by atoms with Crippen molar-refractivity contribution in [2.45, 2.75) is 10.4 Å². The van der Waals surface area contributed by atoms with Gasteiger partial charge in [-0.15, -0.1) is 0 Å². The number of H-pyrrole nitrogens is 1. The molecule has 0 saturated heterocycles. The third-order valence-corrected chi connectivity index (χ3v) is 4.86. The summed E-state index contributed by atoms with van der Waals surface area (Å²) in [5, 5.41) is 8.69. The molecule has 1 aromatic heterocycles. The van der Waals surface area contributed by atoms with E-state index in [2.05, 4.69) is 9.97 Å². The molecule has 7 nitrogen and oxygen atoms in total. The Kier molecular flexibility index (Phi) is 4.91. The highest BCUT2D eigenvalue weighted by Gasteiger charge is 2.25. The maximum atomic E-state index is 12.2. The molecular formula is C18H14N4O3S. The number of nitrogens with one attached hydrogen (secondary N) is 1. The van der Waals surface area contributed by atoms with E-state index in [0.717, 1.165) is 11.8 Å². The number of aromatic amines is 1. The zero-order valence-electron chi connectivity index (χ0n) is 13.7. The number of imidazole rings is 1. The van der Waals surface area contributed by atoms with E-state index in [1.165, 1.54) is 7.11 Å². The van der Waals surface area contributed by atoms with Gasteiger partial charge in [0, 0.05) is 0 Å². The molecule has 26 heavy (non-hydrogen) atoms. The van der Waals surface area contributed by atoms with Crippen LogP contribution in [0.25, 0.3) is 11.0 Å². The van der Waals surface area contributed by atoms with Gasteiger partial charge in [0.1, 0.15) is 10.8 Å². The standard InChI is InChI=1S/C18H14N4O3S/c1-25-17(24)15(11-7-5-10(9-19)6-8-11)26-18-21-13-4-2-3-12(16(20)23)14(13)22-18/h2-8,15H,1H3,(H2,20,23)(H,21,22). The lowest BCUT2D eigenvalue weighted by atomic mass is 10.1. The van der Waals surface area contributed by atoms with E-state index >= 15 is 0 Å². The number of benzene rings is 2. The van der Waals surface area contributed by atoms with E-state index in [0.29, 0.717) is 32.9 Å². The molecule has 0 aliphatic heterocycles. The number of carbonyl (C=O) groups is 2. The first-order valence-electron chi connectivity index (χ1n) is 7.56. The first-order chi connectivity index (χ1) is 12.5. The van der Waals surface area contributed by atoms with Crippen molar-refractivity contribution >= 4 is 34.7 Å². The van der Waals surface area contributed by atoms with E-state index in [1.54, 1.807) is 42.5 Å². The summed E-state index contributed by atoms with van der Waals surface area (Å²) in [5.74, 6) is -1.02. The quantitative estimate of drug-likeness (QED) is 0.528. The molecule has 3 rings (SSSR count). The summed E-state index contributed by atoms with van der Waals surface area (Å²) in [6.07, 6.45) is 0. The van der Waals surface area contributed by atoms with E-state index in [-0.39, 0.29) is 0 Å². The van der Waals surface area contributed by atoms with Crippen molar-refractivity contribution in [2.75, 3.05) is 7.11 Å². The lowest BCUT2D eigenvalue weighted by molar-refractivity contribution is -0.140. The minimum Gasteiger partial charge on any atom is -0.468 e. The summed E-state index contributed by atoms with van der Waals surface area (Å²) in [5.41, 5.74) is 7.95. The molecule has 0 bridgehead atoms. The molecular weight excluding hydrogens is 352 g/mol.